The van der Waals surface area contributed by atoms with E-state index in [9.17, 15) is 22.8 Å². The average Bonchev–Trinajstić information content (AvgIpc) is 3.38. The highest BCUT2D eigenvalue weighted by molar-refractivity contribution is 6.30. The van der Waals surface area contributed by atoms with Gasteiger partial charge in [0.2, 0.25) is 0 Å². The molecule has 5 nitrogen and oxygen atoms in total. The molecule has 1 aromatic rings. The summed E-state index contributed by atoms with van der Waals surface area (Å²) in [4.78, 5) is 24.1. The van der Waals surface area contributed by atoms with Crippen molar-refractivity contribution in [2.75, 3.05) is 11.4 Å². The van der Waals surface area contributed by atoms with Crippen molar-refractivity contribution in [3.05, 3.63) is 28.8 Å². The molecule has 0 radical (unpaired) electrons. The number of halogens is 4. The van der Waals surface area contributed by atoms with Crippen molar-refractivity contribution >= 4 is 29.4 Å². The number of carbonyl (C=O) groups is 2. The van der Waals surface area contributed by atoms with Crippen LogP contribution in [0.15, 0.2) is 18.2 Å². The van der Waals surface area contributed by atoms with Gasteiger partial charge in [0.25, 0.3) is 5.60 Å². The maximum atomic E-state index is 14.0. The molecule has 27 heavy (non-hydrogen) atoms. The molecule has 1 heterocycles. The quantitative estimate of drug-likeness (QED) is 0.762. The Morgan fingerprint density at radius 2 is 2.11 bits per heavy atom. The summed E-state index contributed by atoms with van der Waals surface area (Å²) in [6.07, 6.45) is -4.97. The number of nitrogens with zero attached hydrogens (tertiary/aromatic N) is 1. The molecule has 1 saturated carbocycles. The zero-order valence-corrected chi connectivity index (χ0v) is 14.7. The molecule has 0 bridgehead atoms. The van der Waals surface area contributed by atoms with Crippen LogP contribution in [0.5, 0.6) is 0 Å². The van der Waals surface area contributed by atoms with Gasteiger partial charge in [0.1, 0.15) is 0 Å². The molecule has 3 rings (SSSR count). The van der Waals surface area contributed by atoms with Crippen molar-refractivity contribution in [1.82, 2.24) is 0 Å². The predicted octanol–water partition coefficient (Wildman–Crippen LogP) is 4.33. The summed E-state index contributed by atoms with van der Waals surface area (Å²) in [5, 5.41) is 8.78. The van der Waals surface area contributed by atoms with Crippen molar-refractivity contribution in [2.24, 2.45) is 5.92 Å². The van der Waals surface area contributed by atoms with Gasteiger partial charge in [-0.15, -0.1) is 0 Å². The van der Waals surface area contributed by atoms with Crippen LogP contribution in [0.1, 0.15) is 31.2 Å². The van der Waals surface area contributed by atoms with Crippen LogP contribution >= 0.6 is 11.6 Å². The number of anilines is 1. The molecule has 1 unspecified atom stereocenters. The third kappa shape index (κ3) is 3.83. The van der Waals surface area contributed by atoms with Gasteiger partial charge in [-0.3, -0.25) is 9.69 Å². The number of hydrogen-bond acceptors (Lipinski definition) is 3. The van der Waals surface area contributed by atoms with Gasteiger partial charge in [0.15, 0.2) is 0 Å². The lowest BCUT2D eigenvalue weighted by atomic mass is 9.89. The summed E-state index contributed by atoms with van der Waals surface area (Å²) in [5.74, 6) is 3.48. The summed E-state index contributed by atoms with van der Waals surface area (Å²) in [5.41, 5.74) is -3.51. The number of fused-ring (bicyclic) bond motifs is 1. The number of aliphatic carboxylic acids is 1. The van der Waals surface area contributed by atoms with Gasteiger partial charge in [-0.1, -0.05) is 17.5 Å². The SMILES string of the molecule is O=C(O)CCCN1C(=O)OC(C#CC2CC2)(C(F)(F)F)c2cc(Cl)ccc21. The number of alkyl halides is 3. The van der Waals surface area contributed by atoms with Crippen LogP contribution in [-0.2, 0) is 15.1 Å². The summed E-state index contributed by atoms with van der Waals surface area (Å²) in [6, 6.07) is 3.74. The lowest BCUT2D eigenvalue weighted by Crippen LogP contribution is -2.53. The van der Waals surface area contributed by atoms with E-state index >= 15 is 0 Å². The zero-order chi connectivity index (χ0) is 19.8. The fraction of sp³-hybridized carbons (Fsp3) is 0.444. The highest BCUT2D eigenvalue weighted by Gasteiger charge is 2.63. The first kappa shape index (κ1) is 19.4. The number of rotatable bonds is 4. The van der Waals surface area contributed by atoms with E-state index in [-0.39, 0.29) is 41.6 Å². The molecule has 1 aliphatic carbocycles. The number of carboxylic acid groups (broad SMARTS) is 1. The summed E-state index contributed by atoms with van der Waals surface area (Å²) in [7, 11) is 0. The molecule has 144 valence electrons. The monoisotopic (exact) mass is 401 g/mol. The van der Waals surface area contributed by atoms with Crippen LogP contribution in [0.4, 0.5) is 23.7 Å². The van der Waals surface area contributed by atoms with Crippen molar-refractivity contribution in [3.63, 3.8) is 0 Å². The lowest BCUT2D eigenvalue weighted by Gasteiger charge is -2.40. The van der Waals surface area contributed by atoms with E-state index in [0.717, 1.165) is 11.0 Å². The number of ether oxygens (including phenoxy) is 1. The Bertz CT molecular complexity index is 841. The maximum Gasteiger partial charge on any atom is 0.445 e. The van der Waals surface area contributed by atoms with Crippen LogP contribution in [0, 0.1) is 17.8 Å². The minimum Gasteiger partial charge on any atom is -0.481 e. The third-order valence-electron chi connectivity index (χ3n) is 4.29. The summed E-state index contributed by atoms with van der Waals surface area (Å²) < 4.78 is 46.9. The standard InChI is InChI=1S/C18H15ClF3NO4/c19-12-5-6-14-13(10-12)17(18(20,21)22,8-7-11-3-4-11)27-16(26)23(14)9-1-2-15(24)25/h5-6,10-11H,1-4,9H2,(H,24,25). The average molecular weight is 402 g/mol. The van der Waals surface area contributed by atoms with Crippen LogP contribution in [-0.4, -0.2) is 29.9 Å². The van der Waals surface area contributed by atoms with E-state index in [1.54, 1.807) is 0 Å². The second-order valence-corrected chi connectivity index (χ2v) is 6.84. The van der Waals surface area contributed by atoms with Crippen LogP contribution < -0.4 is 4.90 Å². The molecule has 1 aromatic carbocycles. The van der Waals surface area contributed by atoms with E-state index in [2.05, 4.69) is 11.8 Å². The van der Waals surface area contributed by atoms with Gasteiger partial charge in [-0.25, -0.2) is 4.79 Å². The number of cyclic esters (lactones) is 1. The Labute approximate surface area is 158 Å². The first-order valence-corrected chi connectivity index (χ1v) is 8.63. The Morgan fingerprint density at radius 3 is 2.70 bits per heavy atom. The highest BCUT2D eigenvalue weighted by Crippen LogP contribution is 2.49. The minimum atomic E-state index is -4.98. The molecular formula is C18H15ClF3NO4. The molecule has 1 amide bonds. The number of carbonyl (C=O) groups excluding carboxylic acids is 1. The van der Waals surface area contributed by atoms with Crippen molar-refractivity contribution in [1.29, 1.82) is 0 Å². The number of benzene rings is 1. The van der Waals surface area contributed by atoms with E-state index in [4.69, 9.17) is 21.4 Å². The van der Waals surface area contributed by atoms with Gasteiger partial charge < -0.3 is 9.84 Å². The first-order valence-electron chi connectivity index (χ1n) is 8.26. The van der Waals surface area contributed by atoms with Crippen LogP contribution in [0.3, 0.4) is 0 Å². The molecule has 1 aliphatic heterocycles. The molecule has 1 atom stereocenters. The minimum absolute atomic E-state index is 0.0385. The molecule has 9 heteroatoms. The molecule has 0 spiro atoms. The van der Waals surface area contributed by atoms with Crippen molar-refractivity contribution in [2.45, 2.75) is 37.5 Å². The summed E-state index contributed by atoms with van der Waals surface area (Å²) in [6.45, 7) is -0.107. The van der Waals surface area contributed by atoms with Crippen LogP contribution in [0.25, 0.3) is 0 Å². The van der Waals surface area contributed by atoms with E-state index in [1.165, 1.54) is 12.1 Å². The van der Waals surface area contributed by atoms with Crippen molar-refractivity contribution in [3.8, 4) is 11.8 Å². The van der Waals surface area contributed by atoms with E-state index in [1.807, 2.05) is 0 Å². The van der Waals surface area contributed by atoms with Gasteiger partial charge in [0, 0.05) is 29.5 Å². The largest absolute Gasteiger partial charge is 0.481 e. The van der Waals surface area contributed by atoms with E-state index < -0.39 is 23.8 Å². The van der Waals surface area contributed by atoms with Crippen LogP contribution in [0.2, 0.25) is 5.02 Å². The Balaban J connectivity index is 2.08. The lowest BCUT2D eigenvalue weighted by molar-refractivity contribution is -0.240. The third-order valence-corrected chi connectivity index (χ3v) is 4.53. The summed E-state index contributed by atoms with van der Waals surface area (Å²) >= 11 is 5.91. The fourth-order valence-corrected chi connectivity index (χ4v) is 2.94. The zero-order valence-electron chi connectivity index (χ0n) is 14.0. The second kappa shape index (κ2) is 6.97. The van der Waals surface area contributed by atoms with Gasteiger partial charge in [0.05, 0.1) is 5.69 Å². The highest BCUT2D eigenvalue weighted by atomic mass is 35.5. The normalized spacial score (nSPS) is 21.8. The molecular weight excluding hydrogens is 387 g/mol. The Hall–Kier alpha value is -2.40. The van der Waals surface area contributed by atoms with Gasteiger partial charge in [-0.05, 0) is 43.4 Å². The number of amides is 1. The first-order chi connectivity index (χ1) is 12.6. The molecule has 2 aliphatic rings. The van der Waals surface area contributed by atoms with Gasteiger partial charge in [-0.2, -0.15) is 13.2 Å². The maximum absolute atomic E-state index is 14.0. The molecule has 1 fully saturated rings. The molecule has 0 saturated heterocycles. The van der Waals surface area contributed by atoms with Gasteiger partial charge >= 0.3 is 18.2 Å². The predicted molar refractivity (Wildman–Crippen MR) is 90.4 cm³/mol. The molecule has 1 N–H and O–H groups in total. The van der Waals surface area contributed by atoms with E-state index in [0.29, 0.717) is 12.8 Å². The Morgan fingerprint density at radius 1 is 1.41 bits per heavy atom. The second-order valence-electron chi connectivity index (χ2n) is 6.40. The number of hydrogen-bond donors (Lipinski definition) is 1. The smallest absolute Gasteiger partial charge is 0.445 e. The molecule has 0 aromatic heterocycles. The Kier molecular flexibility index (Phi) is 5.00. The fourth-order valence-electron chi connectivity index (χ4n) is 2.77. The topological polar surface area (TPSA) is 66.8 Å². The van der Waals surface area contributed by atoms with Crippen molar-refractivity contribution < 1.29 is 32.6 Å². The number of carboxylic acids is 1.